The molecule has 1 unspecified atom stereocenters. The van der Waals surface area contributed by atoms with Gasteiger partial charge in [0.25, 0.3) is 0 Å². The monoisotopic (exact) mass is 267 g/mol. The highest BCUT2D eigenvalue weighted by Crippen LogP contribution is 2.35. The average molecular weight is 267 g/mol. The summed E-state index contributed by atoms with van der Waals surface area (Å²) in [4.78, 5) is 0.744. The summed E-state index contributed by atoms with van der Waals surface area (Å²) in [7, 11) is 0. The van der Waals surface area contributed by atoms with Gasteiger partial charge in [-0.3, -0.25) is 0 Å². The van der Waals surface area contributed by atoms with Gasteiger partial charge in [0, 0.05) is 10.4 Å². The van der Waals surface area contributed by atoms with Gasteiger partial charge in [0.2, 0.25) is 0 Å². The summed E-state index contributed by atoms with van der Waals surface area (Å²) in [5.74, 6) is -0.0978. The molecule has 3 rings (SSSR count). The molecule has 0 aliphatic carbocycles. The number of hydrogen-bond acceptors (Lipinski definition) is 3. The van der Waals surface area contributed by atoms with Crippen LogP contribution in [-0.4, -0.2) is 25.0 Å². The minimum Gasteiger partial charge on any atom is -0.379 e. The summed E-state index contributed by atoms with van der Waals surface area (Å²) in [6.07, 6.45) is 2.24. The van der Waals surface area contributed by atoms with Crippen LogP contribution < -0.4 is 5.32 Å². The Morgan fingerprint density at radius 1 is 1.44 bits per heavy atom. The van der Waals surface area contributed by atoms with Gasteiger partial charge in [0.1, 0.15) is 5.82 Å². The third-order valence-corrected chi connectivity index (χ3v) is 5.03. The van der Waals surface area contributed by atoms with Crippen LogP contribution in [0.1, 0.15) is 25.3 Å². The first-order valence-corrected chi connectivity index (χ1v) is 7.35. The molecule has 0 bridgehead atoms. The van der Waals surface area contributed by atoms with Crippen LogP contribution in [0.5, 0.6) is 0 Å². The van der Waals surface area contributed by atoms with Crippen molar-refractivity contribution in [1.82, 2.24) is 5.32 Å². The fourth-order valence-corrected chi connectivity index (χ4v) is 3.55. The molecular weight excluding hydrogens is 249 g/mol. The summed E-state index contributed by atoms with van der Waals surface area (Å²) >= 11 is 1.59. The molecule has 2 aliphatic heterocycles. The molecule has 18 heavy (non-hydrogen) atoms. The lowest BCUT2D eigenvalue weighted by Crippen LogP contribution is -2.33. The van der Waals surface area contributed by atoms with Gasteiger partial charge in [0.15, 0.2) is 0 Å². The highest BCUT2D eigenvalue weighted by atomic mass is 32.2. The van der Waals surface area contributed by atoms with E-state index in [1.807, 2.05) is 6.07 Å². The zero-order chi connectivity index (χ0) is 12.6. The van der Waals surface area contributed by atoms with Crippen molar-refractivity contribution in [2.75, 3.05) is 19.8 Å². The number of benzene rings is 1. The van der Waals surface area contributed by atoms with Gasteiger partial charge in [-0.25, -0.2) is 4.39 Å². The van der Waals surface area contributed by atoms with E-state index in [2.05, 4.69) is 18.3 Å². The average Bonchev–Trinajstić information content (AvgIpc) is 2.73. The van der Waals surface area contributed by atoms with Crippen molar-refractivity contribution < 1.29 is 9.13 Å². The van der Waals surface area contributed by atoms with Crippen LogP contribution in [0.4, 0.5) is 4.39 Å². The summed E-state index contributed by atoms with van der Waals surface area (Å²) in [5.41, 5.74) is 1.01. The molecule has 1 N–H and O–H groups in total. The molecule has 98 valence electrons. The summed E-state index contributed by atoms with van der Waals surface area (Å²) < 4.78 is 19.2. The first-order chi connectivity index (χ1) is 8.67. The Labute approximate surface area is 111 Å². The predicted molar refractivity (Wildman–Crippen MR) is 71.5 cm³/mol. The van der Waals surface area contributed by atoms with Gasteiger partial charge in [-0.2, -0.15) is 0 Å². The van der Waals surface area contributed by atoms with Gasteiger partial charge in [-0.15, -0.1) is 11.8 Å². The molecule has 2 saturated heterocycles. The van der Waals surface area contributed by atoms with E-state index in [1.54, 1.807) is 17.8 Å². The number of ether oxygens (including phenoxy) is 1. The Bertz CT molecular complexity index is 441. The van der Waals surface area contributed by atoms with Crippen LogP contribution in [0.2, 0.25) is 0 Å². The highest BCUT2D eigenvalue weighted by Gasteiger charge is 2.30. The summed E-state index contributed by atoms with van der Waals surface area (Å²) in [5, 5.41) is 3.89. The Kier molecular flexibility index (Phi) is 3.34. The lowest BCUT2D eigenvalue weighted by atomic mass is 9.90. The van der Waals surface area contributed by atoms with Gasteiger partial charge in [0.05, 0.1) is 18.5 Å². The van der Waals surface area contributed by atoms with Crippen molar-refractivity contribution in [1.29, 1.82) is 0 Å². The van der Waals surface area contributed by atoms with E-state index in [4.69, 9.17) is 4.74 Å². The van der Waals surface area contributed by atoms with Crippen LogP contribution in [0, 0.1) is 5.82 Å². The SMILES string of the molecule is CC1(c2ccc(SC3COC3)c(F)c2)CCCN1. The zero-order valence-corrected chi connectivity index (χ0v) is 11.4. The van der Waals surface area contributed by atoms with Crippen LogP contribution in [0.15, 0.2) is 23.1 Å². The number of nitrogens with one attached hydrogen (secondary N) is 1. The molecule has 1 aromatic rings. The van der Waals surface area contributed by atoms with Crippen LogP contribution >= 0.6 is 11.8 Å². The minimum absolute atomic E-state index is 0.0520. The fourth-order valence-electron chi connectivity index (χ4n) is 2.54. The van der Waals surface area contributed by atoms with Crippen molar-refractivity contribution >= 4 is 11.8 Å². The quantitative estimate of drug-likeness (QED) is 0.910. The molecule has 0 radical (unpaired) electrons. The van der Waals surface area contributed by atoms with E-state index < -0.39 is 0 Å². The van der Waals surface area contributed by atoms with Crippen LogP contribution in [-0.2, 0) is 10.3 Å². The van der Waals surface area contributed by atoms with E-state index in [0.29, 0.717) is 5.25 Å². The molecule has 2 heterocycles. The topological polar surface area (TPSA) is 21.3 Å². The van der Waals surface area contributed by atoms with E-state index in [1.165, 1.54) is 0 Å². The Morgan fingerprint density at radius 3 is 2.83 bits per heavy atom. The van der Waals surface area contributed by atoms with Gasteiger partial charge < -0.3 is 10.1 Å². The number of thioether (sulfide) groups is 1. The van der Waals surface area contributed by atoms with Crippen molar-refractivity contribution in [3.05, 3.63) is 29.6 Å². The number of hydrogen-bond donors (Lipinski definition) is 1. The second-order valence-electron chi connectivity index (χ2n) is 5.28. The maximum atomic E-state index is 14.1. The lowest BCUT2D eigenvalue weighted by Gasteiger charge is -2.27. The highest BCUT2D eigenvalue weighted by molar-refractivity contribution is 8.00. The predicted octanol–water partition coefficient (Wildman–Crippen LogP) is 2.92. The largest absolute Gasteiger partial charge is 0.379 e. The van der Waals surface area contributed by atoms with Crippen LogP contribution in [0.3, 0.4) is 0 Å². The molecule has 1 atom stereocenters. The second kappa shape index (κ2) is 4.83. The summed E-state index contributed by atoms with van der Waals surface area (Å²) in [6, 6.07) is 5.67. The van der Waals surface area contributed by atoms with E-state index in [0.717, 1.165) is 43.1 Å². The number of rotatable bonds is 3. The third-order valence-electron chi connectivity index (χ3n) is 3.84. The first kappa shape index (κ1) is 12.5. The molecule has 1 aromatic carbocycles. The standard InChI is InChI=1S/C14H18FNOS/c1-14(5-2-6-16-14)10-3-4-13(12(15)7-10)18-11-8-17-9-11/h3-4,7,11,16H,2,5-6,8-9H2,1H3. The van der Waals surface area contributed by atoms with Gasteiger partial charge >= 0.3 is 0 Å². The molecule has 2 fully saturated rings. The normalized spacial score (nSPS) is 28.3. The smallest absolute Gasteiger partial charge is 0.137 e. The molecule has 0 aromatic heterocycles. The molecule has 2 aliphatic rings. The molecule has 4 heteroatoms. The first-order valence-electron chi connectivity index (χ1n) is 6.47. The van der Waals surface area contributed by atoms with E-state index >= 15 is 0 Å². The molecule has 0 saturated carbocycles. The van der Waals surface area contributed by atoms with E-state index in [-0.39, 0.29) is 11.4 Å². The molecule has 0 amide bonds. The maximum absolute atomic E-state index is 14.1. The minimum atomic E-state index is -0.0978. The molecular formula is C14H18FNOS. The van der Waals surface area contributed by atoms with Gasteiger partial charge in [-0.1, -0.05) is 6.07 Å². The summed E-state index contributed by atoms with van der Waals surface area (Å²) in [6.45, 7) is 4.66. The zero-order valence-electron chi connectivity index (χ0n) is 10.5. The lowest BCUT2D eigenvalue weighted by molar-refractivity contribution is 0.0455. The van der Waals surface area contributed by atoms with E-state index in [9.17, 15) is 4.39 Å². The molecule has 2 nitrogen and oxygen atoms in total. The Morgan fingerprint density at radius 2 is 2.28 bits per heavy atom. The van der Waals surface area contributed by atoms with Gasteiger partial charge in [-0.05, 0) is 44.0 Å². The van der Waals surface area contributed by atoms with Crippen molar-refractivity contribution in [3.63, 3.8) is 0 Å². The Hall–Kier alpha value is -0.580. The third kappa shape index (κ3) is 2.29. The van der Waals surface area contributed by atoms with Crippen LogP contribution in [0.25, 0.3) is 0 Å². The van der Waals surface area contributed by atoms with Crippen molar-refractivity contribution in [3.8, 4) is 0 Å². The number of halogens is 1. The van der Waals surface area contributed by atoms with Crippen molar-refractivity contribution in [2.45, 2.75) is 35.4 Å². The maximum Gasteiger partial charge on any atom is 0.137 e. The fraction of sp³-hybridized carbons (Fsp3) is 0.571. The molecule has 0 spiro atoms. The second-order valence-corrected chi connectivity index (χ2v) is 6.63. The Balaban J connectivity index is 1.79. The van der Waals surface area contributed by atoms with Crippen molar-refractivity contribution in [2.24, 2.45) is 0 Å².